The quantitative estimate of drug-likeness (QED) is 0.236. The SMILES string of the molecule is CCCCCCC(CCC)CC(CCCCC)CCCCC. The molecule has 134 valence electrons. The van der Waals surface area contributed by atoms with Crippen molar-refractivity contribution in [2.24, 2.45) is 11.8 Å². The molecule has 0 N–H and O–H groups in total. The largest absolute Gasteiger partial charge is 0.0654 e. The van der Waals surface area contributed by atoms with Gasteiger partial charge in [-0.3, -0.25) is 0 Å². The molecule has 0 radical (unpaired) electrons. The highest BCUT2D eigenvalue weighted by atomic mass is 14.2. The summed E-state index contributed by atoms with van der Waals surface area (Å²) in [4.78, 5) is 0. The fraction of sp³-hybridized carbons (Fsp3) is 1.00. The van der Waals surface area contributed by atoms with Crippen molar-refractivity contribution in [1.29, 1.82) is 0 Å². The van der Waals surface area contributed by atoms with Crippen molar-refractivity contribution in [3.63, 3.8) is 0 Å². The molecule has 0 heterocycles. The molecule has 0 aromatic carbocycles. The van der Waals surface area contributed by atoms with Gasteiger partial charge in [0, 0.05) is 0 Å². The van der Waals surface area contributed by atoms with Gasteiger partial charge in [-0.1, -0.05) is 124 Å². The van der Waals surface area contributed by atoms with E-state index in [1.807, 2.05) is 0 Å². The Bertz CT molecular complexity index is 186. The van der Waals surface area contributed by atoms with E-state index in [0.717, 1.165) is 11.8 Å². The molecule has 0 aliphatic carbocycles. The summed E-state index contributed by atoms with van der Waals surface area (Å²) < 4.78 is 0. The Morgan fingerprint density at radius 3 is 1.27 bits per heavy atom. The van der Waals surface area contributed by atoms with Crippen molar-refractivity contribution in [1.82, 2.24) is 0 Å². The van der Waals surface area contributed by atoms with Crippen LogP contribution in [0.15, 0.2) is 0 Å². The van der Waals surface area contributed by atoms with Crippen LogP contribution < -0.4 is 0 Å². The molecule has 1 atom stereocenters. The summed E-state index contributed by atoms with van der Waals surface area (Å²) in [6, 6.07) is 0. The number of hydrogen-bond acceptors (Lipinski definition) is 0. The second-order valence-electron chi connectivity index (χ2n) is 7.60. The van der Waals surface area contributed by atoms with Gasteiger partial charge in [0.05, 0.1) is 0 Å². The summed E-state index contributed by atoms with van der Waals surface area (Å²) in [5, 5.41) is 0. The molecule has 0 rings (SSSR count). The number of unbranched alkanes of at least 4 members (excludes halogenated alkanes) is 7. The van der Waals surface area contributed by atoms with Crippen LogP contribution in [0.25, 0.3) is 0 Å². The van der Waals surface area contributed by atoms with Gasteiger partial charge in [-0.05, 0) is 18.3 Å². The average Bonchev–Trinajstić information content (AvgIpc) is 2.52. The zero-order valence-electron chi connectivity index (χ0n) is 16.5. The van der Waals surface area contributed by atoms with E-state index in [1.165, 1.54) is 103 Å². The first kappa shape index (κ1) is 22.0. The van der Waals surface area contributed by atoms with Crippen LogP contribution in [0.1, 0.15) is 130 Å². The van der Waals surface area contributed by atoms with Gasteiger partial charge in [0.15, 0.2) is 0 Å². The highest BCUT2D eigenvalue weighted by molar-refractivity contribution is 4.68. The van der Waals surface area contributed by atoms with Gasteiger partial charge in [-0.2, -0.15) is 0 Å². The third kappa shape index (κ3) is 13.6. The van der Waals surface area contributed by atoms with Crippen molar-refractivity contribution in [2.45, 2.75) is 130 Å². The Balaban J connectivity index is 4.18. The molecule has 0 aromatic rings. The second kappa shape index (κ2) is 17.4. The zero-order valence-corrected chi connectivity index (χ0v) is 16.5. The Morgan fingerprint density at radius 1 is 0.409 bits per heavy atom. The third-order valence-electron chi connectivity index (χ3n) is 5.26. The minimum atomic E-state index is 1.02. The smallest absolute Gasteiger partial charge is 0.0412 e. The van der Waals surface area contributed by atoms with E-state index in [2.05, 4.69) is 27.7 Å². The molecule has 0 fully saturated rings. The first-order valence-corrected chi connectivity index (χ1v) is 10.8. The van der Waals surface area contributed by atoms with Gasteiger partial charge in [0.25, 0.3) is 0 Å². The first-order chi connectivity index (χ1) is 10.8. The minimum Gasteiger partial charge on any atom is -0.0654 e. The van der Waals surface area contributed by atoms with Crippen LogP contribution in [0, 0.1) is 11.8 Å². The van der Waals surface area contributed by atoms with E-state index in [1.54, 1.807) is 0 Å². The predicted octanol–water partition coefficient (Wildman–Crippen LogP) is 8.54. The van der Waals surface area contributed by atoms with Crippen LogP contribution in [-0.4, -0.2) is 0 Å². The summed E-state index contributed by atoms with van der Waals surface area (Å²) in [5.74, 6) is 2.05. The van der Waals surface area contributed by atoms with Crippen LogP contribution in [0.5, 0.6) is 0 Å². The number of hydrogen-bond donors (Lipinski definition) is 0. The molecule has 0 spiro atoms. The van der Waals surface area contributed by atoms with Crippen LogP contribution in [0.3, 0.4) is 0 Å². The van der Waals surface area contributed by atoms with Crippen molar-refractivity contribution < 1.29 is 0 Å². The molecule has 0 aliphatic rings. The molecule has 0 saturated carbocycles. The fourth-order valence-corrected chi connectivity index (χ4v) is 3.87. The second-order valence-corrected chi connectivity index (χ2v) is 7.60. The molecule has 22 heavy (non-hydrogen) atoms. The normalized spacial score (nSPS) is 13.0. The van der Waals surface area contributed by atoms with Crippen LogP contribution in [-0.2, 0) is 0 Å². The Hall–Kier alpha value is 0. The summed E-state index contributed by atoms with van der Waals surface area (Å²) >= 11 is 0. The highest BCUT2D eigenvalue weighted by Crippen LogP contribution is 2.30. The predicted molar refractivity (Wildman–Crippen MR) is 104 cm³/mol. The van der Waals surface area contributed by atoms with Gasteiger partial charge in [-0.15, -0.1) is 0 Å². The monoisotopic (exact) mass is 310 g/mol. The molecular formula is C22H46. The lowest BCUT2D eigenvalue weighted by Gasteiger charge is -2.24. The maximum Gasteiger partial charge on any atom is -0.0412 e. The van der Waals surface area contributed by atoms with E-state index in [9.17, 15) is 0 Å². The fourth-order valence-electron chi connectivity index (χ4n) is 3.87. The van der Waals surface area contributed by atoms with Gasteiger partial charge in [0.2, 0.25) is 0 Å². The maximum absolute atomic E-state index is 2.38. The molecule has 0 nitrogen and oxygen atoms in total. The molecule has 0 aliphatic heterocycles. The molecule has 1 unspecified atom stereocenters. The molecular weight excluding hydrogens is 264 g/mol. The topological polar surface area (TPSA) is 0 Å². The van der Waals surface area contributed by atoms with E-state index < -0.39 is 0 Å². The van der Waals surface area contributed by atoms with Gasteiger partial charge in [-0.25, -0.2) is 0 Å². The zero-order chi connectivity index (χ0) is 16.5. The lowest BCUT2D eigenvalue weighted by Crippen LogP contribution is -2.10. The Labute approximate surface area is 142 Å². The molecule has 0 heteroatoms. The van der Waals surface area contributed by atoms with Gasteiger partial charge in [0.1, 0.15) is 0 Å². The minimum absolute atomic E-state index is 1.02. The molecule has 0 amide bonds. The van der Waals surface area contributed by atoms with Crippen LogP contribution >= 0.6 is 0 Å². The lowest BCUT2D eigenvalue weighted by molar-refractivity contribution is 0.288. The standard InChI is InChI=1S/C22H46/c1-5-9-12-15-19-21(16-8-4)20-22(17-13-10-6-2)18-14-11-7-3/h21-22H,5-20H2,1-4H3. The Kier molecular flexibility index (Phi) is 17.4. The van der Waals surface area contributed by atoms with E-state index in [0.29, 0.717) is 0 Å². The molecule has 0 aromatic heterocycles. The van der Waals surface area contributed by atoms with Crippen molar-refractivity contribution in [2.75, 3.05) is 0 Å². The van der Waals surface area contributed by atoms with E-state index in [4.69, 9.17) is 0 Å². The van der Waals surface area contributed by atoms with Crippen LogP contribution in [0.2, 0.25) is 0 Å². The molecule has 0 bridgehead atoms. The summed E-state index contributed by atoms with van der Waals surface area (Å²) in [6.45, 7) is 9.36. The van der Waals surface area contributed by atoms with Crippen molar-refractivity contribution >= 4 is 0 Å². The van der Waals surface area contributed by atoms with Gasteiger partial charge < -0.3 is 0 Å². The van der Waals surface area contributed by atoms with Crippen molar-refractivity contribution in [3.8, 4) is 0 Å². The summed E-state index contributed by atoms with van der Waals surface area (Å²) in [6.07, 6.45) is 23.3. The Morgan fingerprint density at radius 2 is 0.818 bits per heavy atom. The lowest BCUT2D eigenvalue weighted by atomic mass is 9.82. The average molecular weight is 311 g/mol. The maximum atomic E-state index is 2.38. The summed E-state index contributed by atoms with van der Waals surface area (Å²) in [5.41, 5.74) is 0. The number of rotatable bonds is 17. The van der Waals surface area contributed by atoms with E-state index in [-0.39, 0.29) is 0 Å². The molecule has 0 saturated heterocycles. The van der Waals surface area contributed by atoms with Gasteiger partial charge >= 0.3 is 0 Å². The van der Waals surface area contributed by atoms with E-state index >= 15 is 0 Å². The summed E-state index contributed by atoms with van der Waals surface area (Å²) in [7, 11) is 0. The highest BCUT2D eigenvalue weighted by Gasteiger charge is 2.15. The first-order valence-electron chi connectivity index (χ1n) is 10.8. The van der Waals surface area contributed by atoms with Crippen molar-refractivity contribution in [3.05, 3.63) is 0 Å². The third-order valence-corrected chi connectivity index (χ3v) is 5.26. The van der Waals surface area contributed by atoms with Crippen LogP contribution in [0.4, 0.5) is 0 Å².